The molecule has 0 bridgehead atoms. The fraction of sp³-hybridized carbons (Fsp3) is 0.192. The Balaban J connectivity index is 1.98. The van der Waals surface area contributed by atoms with Crippen molar-refractivity contribution in [2.24, 2.45) is 0 Å². The number of ketones is 1. The summed E-state index contributed by atoms with van der Waals surface area (Å²) in [5.41, 5.74) is 5.89. The molecule has 2 aromatic carbocycles. The number of aliphatic hydroxyl groups excluding tert-OH is 1. The van der Waals surface area contributed by atoms with Crippen molar-refractivity contribution in [1.82, 2.24) is 4.98 Å². The third-order valence-corrected chi connectivity index (χ3v) is 5.87. The third kappa shape index (κ3) is 3.52. The largest absolute Gasteiger partial charge is 0.507 e. The van der Waals surface area contributed by atoms with Crippen LogP contribution in [0.4, 0.5) is 5.69 Å². The first kappa shape index (κ1) is 20.5. The van der Waals surface area contributed by atoms with Crippen LogP contribution >= 0.6 is 0 Å². The summed E-state index contributed by atoms with van der Waals surface area (Å²) in [4.78, 5) is 32.0. The van der Waals surface area contributed by atoms with Crippen LogP contribution in [0.3, 0.4) is 0 Å². The molecule has 0 radical (unpaired) electrons. The van der Waals surface area contributed by atoms with Crippen molar-refractivity contribution in [3.63, 3.8) is 0 Å². The molecular formula is C26H24N2O3. The van der Waals surface area contributed by atoms with Gasteiger partial charge in [0, 0.05) is 23.6 Å². The molecule has 5 nitrogen and oxygen atoms in total. The minimum absolute atomic E-state index is 0.0837. The van der Waals surface area contributed by atoms with Gasteiger partial charge in [-0.2, -0.15) is 0 Å². The average molecular weight is 412 g/mol. The Morgan fingerprint density at radius 1 is 0.871 bits per heavy atom. The van der Waals surface area contributed by atoms with Crippen molar-refractivity contribution < 1.29 is 14.7 Å². The van der Waals surface area contributed by atoms with Crippen molar-refractivity contribution in [2.45, 2.75) is 33.7 Å². The maximum atomic E-state index is 13.2. The zero-order valence-electron chi connectivity index (χ0n) is 18.0. The normalized spacial score (nSPS) is 17.9. The molecule has 4 rings (SSSR count). The predicted octanol–water partition coefficient (Wildman–Crippen LogP) is 4.94. The van der Waals surface area contributed by atoms with Gasteiger partial charge >= 0.3 is 0 Å². The summed E-state index contributed by atoms with van der Waals surface area (Å²) >= 11 is 0. The Labute approximate surface area is 181 Å². The summed E-state index contributed by atoms with van der Waals surface area (Å²) < 4.78 is 0. The van der Waals surface area contributed by atoms with E-state index in [4.69, 9.17) is 0 Å². The molecule has 1 saturated heterocycles. The molecule has 0 spiro atoms. The number of amides is 1. The monoisotopic (exact) mass is 412 g/mol. The Hall–Kier alpha value is -3.73. The second kappa shape index (κ2) is 7.84. The lowest BCUT2D eigenvalue weighted by molar-refractivity contribution is -0.132. The van der Waals surface area contributed by atoms with Gasteiger partial charge in [0.05, 0.1) is 11.6 Å². The summed E-state index contributed by atoms with van der Waals surface area (Å²) in [7, 11) is 0. The van der Waals surface area contributed by atoms with Crippen molar-refractivity contribution in [2.75, 3.05) is 4.90 Å². The van der Waals surface area contributed by atoms with Gasteiger partial charge in [-0.15, -0.1) is 0 Å². The van der Waals surface area contributed by atoms with E-state index in [1.165, 1.54) is 4.90 Å². The summed E-state index contributed by atoms with van der Waals surface area (Å²) in [6, 6.07) is 14.1. The zero-order valence-corrected chi connectivity index (χ0v) is 18.0. The van der Waals surface area contributed by atoms with Gasteiger partial charge in [0.25, 0.3) is 11.7 Å². The van der Waals surface area contributed by atoms with Gasteiger partial charge in [-0.3, -0.25) is 19.5 Å². The van der Waals surface area contributed by atoms with Crippen LogP contribution in [0.25, 0.3) is 5.76 Å². The van der Waals surface area contributed by atoms with Gasteiger partial charge in [0.15, 0.2) is 0 Å². The fourth-order valence-corrected chi connectivity index (χ4v) is 3.97. The average Bonchev–Trinajstić information content (AvgIpc) is 3.02. The molecular weight excluding hydrogens is 388 g/mol. The number of rotatable bonds is 3. The van der Waals surface area contributed by atoms with E-state index in [0.717, 1.165) is 22.3 Å². The highest BCUT2D eigenvalue weighted by Gasteiger charge is 2.47. The third-order valence-electron chi connectivity index (χ3n) is 5.87. The predicted molar refractivity (Wildman–Crippen MR) is 121 cm³/mol. The van der Waals surface area contributed by atoms with Crippen molar-refractivity contribution in [1.29, 1.82) is 0 Å². The lowest BCUT2D eigenvalue weighted by atomic mass is 9.94. The summed E-state index contributed by atoms with van der Waals surface area (Å²) in [6.07, 6.45) is 3.24. The van der Waals surface area contributed by atoms with Gasteiger partial charge in [-0.1, -0.05) is 24.3 Å². The first-order valence-electron chi connectivity index (χ1n) is 10.2. The number of hydrogen-bond donors (Lipinski definition) is 1. The smallest absolute Gasteiger partial charge is 0.300 e. The Kier molecular flexibility index (Phi) is 5.19. The van der Waals surface area contributed by atoms with Crippen LogP contribution in [-0.4, -0.2) is 21.8 Å². The molecule has 1 amide bonds. The van der Waals surface area contributed by atoms with Gasteiger partial charge in [0.2, 0.25) is 0 Å². The molecule has 1 fully saturated rings. The highest BCUT2D eigenvalue weighted by molar-refractivity contribution is 6.51. The van der Waals surface area contributed by atoms with Gasteiger partial charge in [0.1, 0.15) is 5.76 Å². The first-order valence-corrected chi connectivity index (χ1v) is 10.2. The molecule has 1 aliphatic heterocycles. The lowest BCUT2D eigenvalue weighted by Gasteiger charge is -2.27. The number of carbonyl (C=O) groups is 2. The Bertz CT molecular complexity index is 1230. The topological polar surface area (TPSA) is 70.5 Å². The van der Waals surface area contributed by atoms with E-state index in [9.17, 15) is 14.7 Å². The van der Waals surface area contributed by atoms with E-state index in [0.29, 0.717) is 16.8 Å². The van der Waals surface area contributed by atoms with Crippen LogP contribution in [0.2, 0.25) is 0 Å². The molecule has 1 aromatic heterocycles. The van der Waals surface area contributed by atoms with Crippen LogP contribution in [0.5, 0.6) is 0 Å². The quantitative estimate of drug-likeness (QED) is 0.376. The number of benzene rings is 2. The molecule has 1 aliphatic rings. The molecule has 0 aliphatic carbocycles. The second-order valence-electron chi connectivity index (χ2n) is 8.04. The molecule has 1 atom stereocenters. The van der Waals surface area contributed by atoms with Crippen LogP contribution in [0.15, 0.2) is 66.5 Å². The first-order chi connectivity index (χ1) is 14.8. The molecule has 1 N–H and O–H groups in total. The number of pyridine rings is 1. The van der Waals surface area contributed by atoms with E-state index in [-0.39, 0.29) is 11.3 Å². The molecule has 1 unspecified atom stereocenters. The minimum atomic E-state index is -0.745. The molecule has 3 aromatic rings. The van der Waals surface area contributed by atoms with Crippen LogP contribution in [-0.2, 0) is 9.59 Å². The number of anilines is 1. The number of aliphatic hydroxyl groups is 1. The SMILES string of the molecule is Cc1ccc(C)c(N2C(=O)C(=O)/C(=C(\O)c3ccc(C)c(C)c3)C2c2ccncc2)c1. The molecule has 5 heteroatoms. The zero-order chi connectivity index (χ0) is 22.3. The maximum absolute atomic E-state index is 13.2. The van der Waals surface area contributed by atoms with Crippen molar-refractivity contribution in [3.05, 3.63) is 99.9 Å². The van der Waals surface area contributed by atoms with E-state index in [1.807, 2.05) is 58.0 Å². The molecule has 0 saturated carbocycles. The van der Waals surface area contributed by atoms with Crippen LogP contribution < -0.4 is 4.90 Å². The van der Waals surface area contributed by atoms with Gasteiger partial charge in [-0.25, -0.2) is 0 Å². The van der Waals surface area contributed by atoms with Gasteiger partial charge < -0.3 is 5.11 Å². The summed E-state index contributed by atoms with van der Waals surface area (Å²) in [5, 5.41) is 11.2. The molecule has 156 valence electrons. The second-order valence-corrected chi connectivity index (χ2v) is 8.04. The summed E-state index contributed by atoms with van der Waals surface area (Å²) in [5.74, 6) is -1.52. The number of Topliss-reactive ketones (excluding diaryl/α,β-unsaturated/α-hetero) is 1. The molecule has 2 heterocycles. The Morgan fingerprint density at radius 2 is 1.55 bits per heavy atom. The van der Waals surface area contributed by atoms with Crippen molar-refractivity contribution in [3.8, 4) is 0 Å². The number of nitrogens with zero attached hydrogens (tertiary/aromatic N) is 2. The van der Waals surface area contributed by atoms with E-state index < -0.39 is 17.7 Å². The highest BCUT2D eigenvalue weighted by atomic mass is 16.3. The van der Waals surface area contributed by atoms with Gasteiger partial charge in [-0.05, 0) is 79.8 Å². The number of aryl methyl sites for hydroxylation is 4. The van der Waals surface area contributed by atoms with E-state index in [2.05, 4.69) is 4.98 Å². The lowest BCUT2D eigenvalue weighted by Crippen LogP contribution is -2.30. The highest BCUT2D eigenvalue weighted by Crippen LogP contribution is 2.43. The Morgan fingerprint density at radius 3 is 2.23 bits per heavy atom. The molecule has 31 heavy (non-hydrogen) atoms. The standard InChI is InChI=1S/C26H24N2O3/c1-15-5-6-17(3)21(13-15)28-23(19-9-11-27-12-10-19)22(25(30)26(28)31)24(29)20-8-7-16(2)18(4)14-20/h5-14,23,29H,1-4H3/b24-22-. The van der Waals surface area contributed by atoms with E-state index >= 15 is 0 Å². The maximum Gasteiger partial charge on any atom is 0.300 e. The van der Waals surface area contributed by atoms with Crippen LogP contribution in [0.1, 0.15) is 39.4 Å². The van der Waals surface area contributed by atoms with Crippen molar-refractivity contribution >= 4 is 23.1 Å². The van der Waals surface area contributed by atoms with E-state index in [1.54, 1.807) is 30.6 Å². The number of hydrogen-bond acceptors (Lipinski definition) is 4. The number of aromatic nitrogens is 1. The summed E-state index contributed by atoms with van der Waals surface area (Å²) in [6.45, 7) is 7.77. The fourth-order valence-electron chi connectivity index (χ4n) is 3.97. The number of carbonyl (C=O) groups excluding carboxylic acids is 2. The van der Waals surface area contributed by atoms with Crippen LogP contribution in [0, 0.1) is 27.7 Å². The minimum Gasteiger partial charge on any atom is -0.507 e.